The van der Waals surface area contributed by atoms with Gasteiger partial charge in [0.2, 0.25) is 0 Å². The molecule has 0 aliphatic carbocycles. The number of benzene rings is 2. The van der Waals surface area contributed by atoms with Crippen LogP contribution < -0.4 is 10.1 Å². The lowest BCUT2D eigenvalue weighted by atomic mass is 10.0. The van der Waals surface area contributed by atoms with E-state index in [-0.39, 0.29) is 0 Å². The molecule has 1 aliphatic rings. The zero-order chi connectivity index (χ0) is 23.3. The van der Waals surface area contributed by atoms with Gasteiger partial charge in [0.15, 0.2) is 0 Å². The monoisotopic (exact) mass is 488 g/mol. The van der Waals surface area contributed by atoms with E-state index in [0.29, 0.717) is 6.61 Å². The van der Waals surface area contributed by atoms with Crippen molar-refractivity contribution in [2.45, 2.75) is 32.1 Å². The summed E-state index contributed by atoms with van der Waals surface area (Å²) in [5.41, 5.74) is 4.08. The van der Waals surface area contributed by atoms with Crippen LogP contribution in [0, 0.1) is 0 Å². The van der Waals surface area contributed by atoms with Gasteiger partial charge in [-0.25, -0.2) is 4.79 Å². The number of rotatable bonds is 5. The van der Waals surface area contributed by atoms with E-state index >= 15 is 0 Å². The summed E-state index contributed by atoms with van der Waals surface area (Å²) in [7, 11) is 0. The van der Waals surface area contributed by atoms with Gasteiger partial charge < -0.3 is 19.7 Å². The second kappa shape index (κ2) is 10.5. The summed E-state index contributed by atoms with van der Waals surface area (Å²) in [6.07, 6.45) is -3.08. The van der Waals surface area contributed by atoms with E-state index in [0.717, 1.165) is 48.3 Å². The minimum Gasteiger partial charge on any atom is -0.494 e. The van der Waals surface area contributed by atoms with Crippen molar-refractivity contribution in [1.29, 1.82) is 0 Å². The van der Waals surface area contributed by atoms with Crippen LogP contribution in [0.4, 0.5) is 13.2 Å². The van der Waals surface area contributed by atoms with Gasteiger partial charge in [-0.1, -0.05) is 29.3 Å². The van der Waals surface area contributed by atoms with E-state index in [9.17, 15) is 13.2 Å². The molecule has 0 bridgehead atoms. The van der Waals surface area contributed by atoms with Crippen LogP contribution >= 0.6 is 23.2 Å². The van der Waals surface area contributed by atoms with E-state index in [4.69, 9.17) is 37.8 Å². The van der Waals surface area contributed by atoms with Gasteiger partial charge in [-0.2, -0.15) is 13.2 Å². The Morgan fingerprint density at radius 2 is 1.78 bits per heavy atom. The van der Waals surface area contributed by atoms with Crippen molar-refractivity contribution in [3.63, 3.8) is 0 Å². The van der Waals surface area contributed by atoms with Gasteiger partial charge in [0.25, 0.3) is 0 Å². The molecule has 0 saturated heterocycles. The van der Waals surface area contributed by atoms with Gasteiger partial charge in [0.05, 0.1) is 12.1 Å². The largest absolute Gasteiger partial charge is 0.494 e. The first-order chi connectivity index (χ1) is 15.2. The maximum absolute atomic E-state index is 10.6. The first-order valence-corrected chi connectivity index (χ1v) is 10.6. The van der Waals surface area contributed by atoms with Crippen molar-refractivity contribution >= 4 is 40.1 Å². The minimum atomic E-state index is -5.08. The highest BCUT2D eigenvalue weighted by atomic mass is 35.5. The number of ether oxygens (including phenoxy) is 1. The van der Waals surface area contributed by atoms with Crippen LogP contribution in [0.2, 0.25) is 10.0 Å². The SMILES string of the molecule is Clc1ccc(OCCCn2c3c(c4ccc(Cl)cc42)CCNC3)cc1.O=C(O)C(F)(F)F. The van der Waals surface area contributed by atoms with Crippen molar-refractivity contribution in [2.24, 2.45) is 0 Å². The summed E-state index contributed by atoms with van der Waals surface area (Å²) in [5.74, 6) is -1.90. The second-order valence-electron chi connectivity index (χ2n) is 7.12. The molecule has 0 amide bonds. The predicted molar refractivity (Wildman–Crippen MR) is 118 cm³/mol. The summed E-state index contributed by atoms with van der Waals surface area (Å²) < 4.78 is 40.0. The quantitative estimate of drug-likeness (QED) is 0.452. The first kappa shape index (κ1) is 24.2. The molecule has 2 heterocycles. The molecular weight excluding hydrogens is 468 g/mol. The van der Waals surface area contributed by atoms with Crippen LogP contribution in [0.1, 0.15) is 17.7 Å². The van der Waals surface area contributed by atoms with Gasteiger partial charge >= 0.3 is 12.1 Å². The molecule has 5 nitrogen and oxygen atoms in total. The van der Waals surface area contributed by atoms with Crippen LogP contribution in [-0.2, 0) is 24.3 Å². The van der Waals surface area contributed by atoms with E-state index in [2.05, 4.69) is 22.0 Å². The normalized spacial score (nSPS) is 13.3. The Hall–Kier alpha value is -2.42. The number of aromatic nitrogens is 1. The maximum atomic E-state index is 10.6. The van der Waals surface area contributed by atoms with Crippen molar-refractivity contribution in [1.82, 2.24) is 9.88 Å². The van der Waals surface area contributed by atoms with E-state index in [1.807, 2.05) is 30.3 Å². The lowest BCUT2D eigenvalue weighted by molar-refractivity contribution is -0.192. The number of halogens is 5. The number of aryl methyl sites for hydroxylation is 1. The van der Waals surface area contributed by atoms with E-state index in [1.165, 1.54) is 22.2 Å². The zero-order valence-electron chi connectivity index (χ0n) is 16.9. The molecule has 32 heavy (non-hydrogen) atoms. The maximum Gasteiger partial charge on any atom is 0.490 e. The standard InChI is InChI=1S/C20H20Cl2N2O.C2HF3O2/c21-14-2-5-16(6-3-14)25-11-1-10-24-19-12-15(22)4-7-17(19)18-8-9-23-13-20(18)24;3-2(4,5)1(6)7/h2-7,12,23H,1,8-11,13H2;(H,6,7). The molecule has 0 atom stereocenters. The number of carboxylic acids is 1. The molecule has 0 radical (unpaired) electrons. The Balaban J connectivity index is 0.000000360. The highest BCUT2D eigenvalue weighted by molar-refractivity contribution is 6.31. The molecule has 1 aliphatic heterocycles. The average Bonchev–Trinajstić information content (AvgIpc) is 3.05. The fourth-order valence-corrected chi connectivity index (χ4v) is 3.84. The van der Waals surface area contributed by atoms with Gasteiger partial charge in [-0.15, -0.1) is 0 Å². The number of fused-ring (bicyclic) bond motifs is 3. The Labute approximate surface area is 192 Å². The van der Waals surface area contributed by atoms with Gasteiger partial charge in [-0.3, -0.25) is 0 Å². The smallest absolute Gasteiger partial charge is 0.490 e. The molecule has 2 aromatic carbocycles. The Morgan fingerprint density at radius 1 is 1.12 bits per heavy atom. The molecule has 1 aromatic heterocycles. The lowest BCUT2D eigenvalue weighted by Crippen LogP contribution is -2.25. The molecule has 2 N–H and O–H groups in total. The molecule has 0 fully saturated rings. The molecule has 0 saturated carbocycles. The number of nitrogens with zero attached hydrogens (tertiary/aromatic N) is 1. The lowest BCUT2D eigenvalue weighted by Gasteiger charge is -2.17. The van der Waals surface area contributed by atoms with E-state index < -0.39 is 12.1 Å². The summed E-state index contributed by atoms with van der Waals surface area (Å²) in [6, 6.07) is 13.7. The number of hydrogen-bond acceptors (Lipinski definition) is 3. The summed E-state index contributed by atoms with van der Waals surface area (Å²) >= 11 is 12.1. The summed E-state index contributed by atoms with van der Waals surface area (Å²) in [6.45, 7) is 3.54. The Morgan fingerprint density at radius 3 is 2.44 bits per heavy atom. The number of carbonyl (C=O) groups is 1. The number of aliphatic carboxylic acids is 1. The zero-order valence-corrected chi connectivity index (χ0v) is 18.4. The highest BCUT2D eigenvalue weighted by Gasteiger charge is 2.38. The molecule has 172 valence electrons. The predicted octanol–water partition coefficient (Wildman–Crippen LogP) is 5.70. The van der Waals surface area contributed by atoms with Crippen molar-refractivity contribution < 1.29 is 27.8 Å². The van der Waals surface area contributed by atoms with Crippen molar-refractivity contribution in [3.8, 4) is 5.75 Å². The summed E-state index contributed by atoms with van der Waals surface area (Å²) in [5, 5.41) is 13.4. The first-order valence-electron chi connectivity index (χ1n) is 9.85. The molecule has 4 rings (SSSR count). The second-order valence-corrected chi connectivity index (χ2v) is 8.00. The van der Waals surface area contributed by atoms with Gasteiger partial charge in [0, 0.05) is 34.2 Å². The topological polar surface area (TPSA) is 63.5 Å². The Bertz CT molecular complexity index is 1080. The molecule has 0 spiro atoms. The fraction of sp³-hybridized carbons (Fsp3) is 0.318. The number of hydrogen-bond donors (Lipinski definition) is 2. The Kier molecular flexibility index (Phi) is 7.92. The third kappa shape index (κ3) is 6.09. The third-order valence-electron chi connectivity index (χ3n) is 4.95. The minimum absolute atomic E-state index is 0.671. The van der Waals surface area contributed by atoms with Gasteiger partial charge in [-0.05, 0) is 61.3 Å². The van der Waals surface area contributed by atoms with Crippen LogP contribution in [0.25, 0.3) is 10.9 Å². The fourth-order valence-electron chi connectivity index (χ4n) is 3.55. The number of nitrogens with one attached hydrogen (secondary N) is 1. The molecule has 0 unspecified atom stereocenters. The van der Waals surface area contributed by atoms with Crippen LogP contribution in [0.5, 0.6) is 5.75 Å². The van der Waals surface area contributed by atoms with Crippen LogP contribution in [0.3, 0.4) is 0 Å². The number of alkyl halides is 3. The molecule has 3 aromatic rings. The average molecular weight is 489 g/mol. The van der Waals surface area contributed by atoms with Crippen LogP contribution in [-0.4, -0.2) is 35.0 Å². The highest BCUT2D eigenvalue weighted by Crippen LogP contribution is 2.31. The van der Waals surface area contributed by atoms with Crippen molar-refractivity contribution in [3.05, 3.63) is 63.8 Å². The number of carboxylic acid groups (broad SMARTS) is 1. The molecule has 10 heteroatoms. The van der Waals surface area contributed by atoms with E-state index in [1.54, 1.807) is 0 Å². The third-order valence-corrected chi connectivity index (χ3v) is 5.43. The van der Waals surface area contributed by atoms with Crippen molar-refractivity contribution in [2.75, 3.05) is 13.2 Å². The van der Waals surface area contributed by atoms with Crippen LogP contribution in [0.15, 0.2) is 42.5 Å². The van der Waals surface area contributed by atoms with Gasteiger partial charge in [0.1, 0.15) is 5.75 Å². The molecular formula is C22H21Cl2F3N2O3. The summed E-state index contributed by atoms with van der Waals surface area (Å²) in [4.78, 5) is 8.90.